The van der Waals surface area contributed by atoms with Crippen LogP contribution in [0.25, 0.3) is 0 Å². The van der Waals surface area contributed by atoms with Gasteiger partial charge in [-0.3, -0.25) is 10.1 Å². The van der Waals surface area contributed by atoms with Gasteiger partial charge < -0.3 is 14.6 Å². The van der Waals surface area contributed by atoms with Gasteiger partial charge in [0, 0.05) is 6.54 Å². The first-order valence-corrected chi connectivity index (χ1v) is 8.10. The maximum atomic E-state index is 11.7. The van der Waals surface area contributed by atoms with Crippen molar-refractivity contribution in [2.24, 2.45) is 4.99 Å². The highest BCUT2D eigenvalue weighted by Crippen LogP contribution is 2.16. The molecule has 0 aliphatic carbocycles. The molecule has 0 aliphatic rings. The van der Waals surface area contributed by atoms with Crippen LogP contribution in [0.2, 0.25) is 0 Å². The number of thiazole rings is 1. The van der Waals surface area contributed by atoms with Crippen molar-refractivity contribution in [2.45, 2.75) is 13.5 Å². The van der Waals surface area contributed by atoms with E-state index in [-0.39, 0.29) is 16.3 Å². The number of methoxy groups -OCH3 is 1. The number of hydrogen-bond acceptors (Lipinski definition) is 6. The summed E-state index contributed by atoms with van der Waals surface area (Å²) in [6, 6.07) is 6.10. The molecule has 2 rings (SSSR count). The second kappa shape index (κ2) is 8.20. The van der Waals surface area contributed by atoms with Crippen LogP contribution < -0.4 is 10.1 Å². The fraction of sp³-hybridized carbons (Fsp3) is 0.267. The molecule has 9 nitrogen and oxygen atoms in total. The molecular weight excluding hydrogens is 348 g/mol. The Morgan fingerprint density at radius 3 is 2.84 bits per heavy atom. The lowest BCUT2D eigenvalue weighted by Crippen LogP contribution is -2.24. The van der Waals surface area contributed by atoms with E-state index in [0.29, 0.717) is 17.7 Å². The molecule has 0 aliphatic heterocycles. The summed E-state index contributed by atoms with van der Waals surface area (Å²) in [5.41, 5.74) is 1.08. The quantitative estimate of drug-likeness (QED) is 0.494. The lowest BCUT2D eigenvalue weighted by atomic mass is 10.1. The summed E-state index contributed by atoms with van der Waals surface area (Å²) in [5.74, 6) is -0.476. The molecule has 0 bridgehead atoms. The molecule has 2 amide bonds. The Morgan fingerprint density at radius 1 is 1.44 bits per heavy atom. The average Bonchev–Trinajstić information content (AvgIpc) is 2.97. The van der Waals surface area contributed by atoms with Crippen molar-refractivity contribution in [1.29, 1.82) is 0 Å². The third kappa shape index (κ3) is 4.73. The molecule has 1 aromatic heterocycles. The van der Waals surface area contributed by atoms with Gasteiger partial charge in [0.2, 0.25) is 4.80 Å². The highest BCUT2D eigenvalue weighted by molar-refractivity contribution is 7.12. The summed E-state index contributed by atoms with van der Waals surface area (Å²) in [7, 11) is 1.29. The summed E-state index contributed by atoms with van der Waals surface area (Å²) in [5, 5.41) is 13.4. The molecule has 0 spiro atoms. The number of nitrogens with zero attached hydrogens (tertiary/aromatic N) is 3. The largest absolute Gasteiger partial charge is 0.465 e. The van der Waals surface area contributed by atoms with Gasteiger partial charge in [0.1, 0.15) is 0 Å². The lowest BCUT2D eigenvalue weighted by molar-refractivity contribution is -0.380. The maximum Gasteiger partial charge on any atom is 0.343 e. The molecule has 132 valence electrons. The standard InChI is InChI=1S/C15H16N4O5S/c1-3-16-14(21)17-15-18(9-12(25-15)19(22)23)8-10-5-4-6-11(7-10)13(20)24-2/h4-7,9H,3,8H2,1-2H3,(H,16,21). The minimum absolute atomic E-state index is 0.132. The SMILES string of the molecule is CCNC(=O)N=c1sc([N+](=O)[O-])cn1Cc1cccc(C(=O)OC)c1. The predicted molar refractivity (Wildman–Crippen MR) is 90.5 cm³/mol. The first-order valence-electron chi connectivity index (χ1n) is 7.29. The molecule has 1 aromatic carbocycles. The molecule has 0 atom stereocenters. The van der Waals surface area contributed by atoms with Gasteiger partial charge >= 0.3 is 17.0 Å². The molecule has 0 saturated heterocycles. The fourth-order valence-corrected chi connectivity index (χ4v) is 2.85. The van der Waals surface area contributed by atoms with Crippen molar-refractivity contribution in [3.8, 4) is 0 Å². The van der Waals surface area contributed by atoms with Gasteiger partial charge in [0.25, 0.3) is 0 Å². The molecular formula is C15H16N4O5S. The van der Waals surface area contributed by atoms with Crippen LogP contribution in [0, 0.1) is 10.1 Å². The van der Waals surface area contributed by atoms with Crippen LogP contribution in [0.5, 0.6) is 0 Å². The normalized spacial score (nSPS) is 11.2. The van der Waals surface area contributed by atoms with Crippen LogP contribution in [0.1, 0.15) is 22.8 Å². The number of ether oxygens (including phenoxy) is 1. The Labute approximate surface area is 146 Å². The molecule has 1 N–H and O–H groups in total. The highest BCUT2D eigenvalue weighted by atomic mass is 32.1. The Morgan fingerprint density at radius 2 is 2.20 bits per heavy atom. The molecule has 0 radical (unpaired) electrons. The zero-order chi connectivity index (χ0) is 18.4. The zero-order valence-electron chi connectivity index (χ0n) is 13.6. The molecule has 0 fully saturated rings. The summed E-state index contributed by atoms with van der Waals surface area (Å²) in [6.45, 7) is 2.36. The number of nitrogens with one attached hydrogen (secondary N) is 1. The maximum absolute atomic E-state index is 11.7. The van der Waals surface area contributed by atoms with Crippen LogP contribution >= 0.6 is 11.3 Å². The minimum Gasteiger partial charge on any atom is -0.465 e. The van der Waals surface area contributed by atoms with Crippen molar-refractivity contribution in [2.75, 3.05) is 13.7 Å². The minimum atomic E-state index is -0.573. The number of carbonyl (C=O) groups is 2. The van der Waals surface area contributed by atoms with Crippen LogP contribution in [0.3, 0.4) is 0 Å². The van der Waals surface area contributed by atoms with Gasteiger partial charge in [-0.2, -0.15) is 4.99 Å². The van der Waals surface area contributed by atoms with Crippen molar-refractivity contribution >= 4 is 28.3 Å². The Bertz CT molecular complexity index is 871. The van der Waals surface area contributed by atoms with E-state index in [9.17, 15) is 19.7 Å². The Kier molecular flexibility index (Phi) is 6.01. The van der Waals surface area contributed by atoms with E-state index in [4.69, 9.17) is 0 Å². The van der Waals surface area contributed by atoms with Gasteiger partial charge in [-0.25, -0.2) is 9.59 Å². The van der Waals surface area contributed by atoms with Gasteiger partial charge in [0.05, 0.1) is 30.3 Å². The van der Waals surface area contributed by atoms with Crippen LogP contribution in [0.15, 0.2) is 35.5 Å². The summed E-state index contributed by atoms with van der Waals surface area (Å²) in [6.07, 6.45) is 1.31. The Hall–Kier alpha value is -3.01. The first-order chi connectivity index (χ1) is 11.9. The van der Waals surface area contributed by atoms with Crippen LogP contribution in [-0.4, -0.2) is 35.1 Å². The van der Waals surface area contributed by atoms with E-state index in [1.807, 2.05) is 0 Å². The summed E-state index contributed by atoms with van der Waals surface area (Å²) < 4.78 is 6.17. The van der Waals surface area contributed by atoms with Gasteiger partial charge in [-0.15, -0.1) is 0 Å². The smallest absolute Gasteiger partial charge is 0.343 e. The van der Waals surface area contributed by atoms with Crippen molar-refractivity contribution in [3.05, 3.63) is 56.5 Å². The van der Waals surface area contributed by atoms with Gasteiger partial charge in [-0.05, 0) is 36.0 Å². The molecule has 10 heteroatoms. The van der Waals surface area contributed by atoms with E-state index in [2.05, 4.69) is 15.0 Å². The topological polar surface area (TPSA) is 116 Å². The highest BCUT2D eigenvalue weighted by Gasteiger charge is 2.14. The average molecular weight is 364 g/mol. The number of urea groups is 1. The lowest BCUT2D eigenvalue weighted by Gasteiger charge is -2.05. The van der Waals surface area contributed by atoms with E-state index in [1.54, 1.807) is 31.2 Å². The number of amides is 2. The van der Waals surface area contributed by atoms with Crippen LogP contribution in [0.4, 0.5) is 9.80 Å². The summed E-state index contributed by atoms with van der Waals surface area (Å²) >= 11 is 0.801. The molecule has 1 heterocycles. The number of carbonyl (C=O) groups excluding carboxylic acids is 2. The number of esters is 1. The molecule has 25 heavy (non-hydrogen) atoms. The Balaban J connectivity index is 2.40. The number of aromatic nitrogens is 1. The predicted octanol–water partition coefficient (Wildman–Crippen LogP) is 1.92. The van der Waals surface area contributed by atoms with Gasteiger partial charge in [-0.1, -0.05) is 12.1 Å². The third-order valence-electron chi connectivity index (χ3n) is 3.11. The fourth-order valence-electron chi connectivity index (χ4n) is 2.04. The van der Waals surface area contributed by atoms with Crippen molar-refractivity contribution in [1.82, 2.24) is 9.88 Å². The van der Waals surface area contributed by atoms with Gasteiger partial charge in [0.15, 0.2) is 0 Å². The van der Waals surface area contributed by atoms with Crippen molar-refractivity contribution in [3.63, 3.8) is 0 Å². The number of benzene rings is 1. The summed E-state index contributed by atoms with van der Waals surface area (Å²) in [4.78, 5) is 37.8. The first kappa shape index (κ1) is 18.3. The second-order valence-electron chi connectivity index (χ2n) is 4.88. The number of rotatable bonds is 5. The molecule has 2 aromatic rings. The van der Waals surface area contributed by atoms with E-state index in [0.717, 1.165) is 11.3 Å². The molecule has 0 unspecified atom stereocenters. The molecule has 0 saturated carbocycles. The number of nitro groups is 1. The second-order valence-corrected chi connectivity index (χ2v) is 5.86. The number of hydrogen-bond donors (Lipinski definition) is 1. The third-order valence-corrected chi connectivity index (χ3v) is 4.09. The van der Waals surface area contributed by atoms with E-state index >= 15 is 0 Å². The van der Waals surface area contributed by atoms with E-state index < -0.39 is 16.9 Å². The van der Waals surface area contributed by atoms with E-state index in [1.165, 1.54) is 17.9 Å². The van der Waals surface area contributed by atoms with Crippen molar-refractivity contribution < 1.29 is 19.2 Å². The monoisotopic (exact) mass is 364 g/mol. The zero-order valence-corrected chi connectivity index (χ0v) is 14.4. The van der Waals surface area contributed by atoms with Crippen LogP contribution in [-0.2, 0) is 11.3 Å².